The van der Waals surface area contributed by atoms with Crippen LogP contribution >= 0.6 is 24.4 Å². The van der Waals surface area contributed by atoms with E-state index in [1.54, 1.807) is 11.8 Å². The number of halogens is 6. The number of aryl methyl sites for hydroxylation is 1. The first-order chi connectivity index (χ1) is 22.3. The van der Waals surface area contributed by atoms with Crippen LogP contribution in [0.1, 0.15) is 31.7 Å². The van der Waals surface area contributed by atoms with Crippen LogP contribution in [0, 0.1) is 0 Å². The zero-order valence-electron chi connectivity index (χ0n) is 26.4. The lowest BCUT2D eigenvalue weighted by Gasteiger charge is -2.24. The number of nitrogens with zero attached hydrogens (tertiary/aromatic N) is 1. The summed E-state index contributed by atoms with van der Waals surface area (Å²) in [5, 5.41) is 17.2. The molecule has 0 spiro atoms. The summed E-state index contributed by atoms with van der Waals surface area (Å²) in [6.07, 6.45) is -1.43. The van der Waals surface area contributed by atoms with E-state index >= 15 is 0 Å². The van der Waals surface area contributed by atoms with Gasteiger partial charge >= 0.3 is 30.3 Å². The van der Waals surface area contributed by atoms with E-state index in [1.165, 1.54) is 12.7 Å². The number of rotatable bonds is 14. The fourth-order valence-corrected chi connectivity index (χ4v) is 4.62. The number of carbonyl (C=O) groups is 4. The van der Waals surface area contributed by atoms with Crippen molar-refractivity contribution in [2.24, 2.45) is 5.73 Å². The minimum atomic E-state index is -5.08. The molecular formula is C29H41F6N3O8S2. The predicted molar refractivity (Wildman–Crippen MR) is 170 cm³/mol. The molecule has 1 aromatic rings. The first kappa shape index (κ1) is 44.8. The molecule has 11 nitrogen and oxygen atoms in total. The zero-order valence-corrected chi connectivity index (χ0v) is 28.1. The van der Waals surface area contributed by atoms with Crippen molar-refractivity contribution in [3.05, 3.63) is 42.0 Å². The monoisotopic (exact) mass is 737 g/mol. The van der Waals surface area contributed by atoms with Crippen LogP contribution in [0.3, 0.4) is 0 Å². The number of carbonyl (C=O) groups excluding carboxylic acids is 2. The van der Waals surface area contributed by atoms with E-state index in [2.05, 4.69) is 35.8 Å². The van der Waals surface area contributed by atoms with Crippen molar-refractivity contribution in [2.75, 3.05) is 38.0 Å². The number of ether oxygens (including phenoxy) is 2. The van der Waals surface area contributed by atoms with E-state index in [1.807, 2.05) is 36.6 Å². The largest absolute Gasteiger partial charge is 0.490 e. The number of aliphatic carboxylic acids is 2. The quantitative estimate of drug-likeness (QED) is 0.0812. The fraction of sp³-hybridized carbons (Fsp3) is 0.586. The third-order valence-electron chi connectivity index (χ3n) is 6.29. The van der Waals surface area contributed by atoms with Crippen molar-refractivity contribution in [3.8, 4) is 5.75 Å². The van der Waals surface area contributed by atoms with Crippen molar-refractivity contribution < 1.29 is 65.2 Å². The molecule has 1 aliphatic heterocycles. The van der Waals surface area contributed by atoms with Gasteiger partial charge in [-0.1, -0.05) is 43.7 Å². The van der Waals surface area contributed by atoms with Gasteiger partial charge in [0, 0.05) is 31.3 Å². The van der Waals surface area contributed by atoms with Crippen molar-refractivity contribution in [1.29, 1.82) is 0 Å². The molecule has 1 amide bonds. The van der Waals surface area contributed by atoms with Gasteiger partial charge in [-0.15, -0.1) is 0 Å². The Morgan fingerprint density at radius 1 is 1.12 bits per heavy atom. The molecule has 0 unspecified atom stereocenters. The first-order valence-electron chi connectivity index (χ1n) is 14.3. The maximum atomic E-state index is 13.3. The lowest BCUT2D eigenvalue weighted by atomic mass is 10.1. The Bertz CT molecular complexity index is 1170. The van der Waals surface area contributed by atoms with Crippen LogP contribution < -0.4 is 15.8 Å². The molecule has 0 aliphatic carbocycles. The average molecular weight is 738 g/mol. The van der Waals surface area contributed by atoms with E-state index in [9.17, 15) is 35.9 Å². The molecule has 5 N–H and O–H groups in total. The van der Waals surface area contributed by atoms with Gasteiger partial charge in [0.25, 0.3) is 0 Å². The van der Waals surface area contributed by atoms with Crippen LogP contribution in [0.5, 0.6) is 5.75 Å². The topological polar surface area (TPSA) is 168 Å². The Morgan fingerprint density at radius 3 is 2.17 bits per heavy atom. The zero-order chi connectivity index (χ0) is 37.1. The second-order valence-electron chi connectivity index (χ2n) is 10.0. The molecule has 1 fully saturated rings. The molecule has 2 rings (SSSR count). The summed E-state index contributed by atoms with van der Waals surface area (Å²) >= 11 is 5.84. The van der Waals surface area contributed by atoms with E-state index in [0.29, 0.717) is 31.7 Å². The average Bonchev–Trinajstić information content (AvgIpc) is 3.41. The molecule has 0 radical (unpaired) electrons. The van der Waals surface area contributed by atoms with Gasteiger partial charge in [-0.2, -0.15) is 50.7 Å². The van der Waals surface area contributed by atoms with E-state index in [4.69, 9.17) is 35.0 Å². The highest BCUT2D eigenvalue weighted by molar-refractivity contribution is 7.98. The number of thiol groups is 1. The molecular weight excluding hydrogens is 696 g/mol. The number of alkyl halides is 6. The summed E-state index contributed by atoms with van der Waals surface area (Å²) < 4.78 is 74.8. The molecule has 1 aromatic carbocycles. The lowest BCUT2D eigenvalue weighted by Crippen LogP contribution is -2.50. The molecule has 48 heavy (non-hydrogen) atoms. The third-order valence-corrected chi connectivity index (χ3v) is 7.35. The molecule has 0 saturated carbocycles. The van der Waals surface area contributed by atoms with Gasteiger partial charge < -0.3 is 30.7 Å². The highest BCUT2D eigenvalue weighted by atomic mass is 32.2. The van der Waals surface area contributed by atoms with Crippen molar-refractivity contribution in [3.63, 3.8) is 0 Å². The van der Waals surface area contributed by atoms with Gasteiger partial charge in [0.15, 0.2) is 0 Å². The van der Waals surface area contributed by atoms with Crippen LogP contribution in [0.25, 0.3) is 0 Å². The van der Waals surface area contributed by atoms with E-state index in [0.717, 1.165) is 24.3 Å². The molecule has 1 heterocycles. The van der Waals surface area contributed by atoms with Crippen LogP contribution in [0.15, 0.2) is 36.4 Å². The van der Waals surface area contributed by atoms with Gasteiger partial charge in [-0.05, 0) is 36.5 Å². The van der Waals surface area contributed by atoms with Gasteiger partial charge in [0.05, 0.1) is 13.2 Å². The second kappa shape index (κ2) is 22.5. The van der Waals surface area contributed by atoms with Crippen molar-refractivity contribution >= 4 is 48.2 Å². The van der Waals surface area contributed by atoms with Crippen LogP contribution in [0.4, 0.5) is 26.3 Å². The summed E-state index contributed by atoms with van der Waals surface area (Å²) in [6, 6.07) is 6.85. The standard InChI is InChI=1S/C25H39N3O4S2.2C2HF3O2/c1-4-8-18-9-5-6-11-23(18)32-20-15-22(28(16-20)13-7-10-19(26)17-33)24(29)27-21(12-14-34-3)25(30)31-2;2*3-2(4,5)1(6)7/h5-7,9-11,19-22,33H,4,8,12-17,26H2,1-3H3,(H,27,29);2*(H,6,7)/b10-7+;;/t19-,20+,21-,22-;;/m1../s1. The highest BCUT2D eigenvalue weighted by Gasteiger charge is 2.40. The Labute approximate surface area is 284 Å². The number of carboxylic acids is 2. The summed E-state index contributed by atoms with van der Waals surface area (Å²) in [5.41, 5.74) is 7.12. The molecule has 4 atom stereocenters. The first-order valence-corrected chi connectivity index (χ1v) is 16.3. The smallest absolute Gasteiger partial charge is 0.489 e. The number of esters is 1. The predicted octanol–water partition coefficient (Wildman–Crippen LogP) is 3.95. The number of amides is 1. The lowest BCUT2D eigenvalue weighted by molar-refractivity contribution is -0.193. The molecule has 0 bridgehead atoms. The minimum Gasteiger partial charge on any atom is -0.489 e. The van der Waals surface area contributed by atoms with Gasteiger partial charge in [-0.3, -0.25) is 9.69 Å². The number of methoxy groups -OCH3 is 1. The summed E-state index contributed by atoms with van der Waals surface area (Å²) in [7, 11) is 1.34. The van der Waals surface area contributed by atoms with Crippen LogP contribution in [-0.2, 0) is 30.3 Å². The molecule has 1 aliphatic rings. The van der Waals surface area contributed by atoms with Crippen LogP contribution in [-0.4, -0.2) is 113 Å². The number of thioether (sulfide) groups is 1. The minimum absolute atomic E-state index is 0.136. The van der Waals surface area contributed by atoms with E-state index in [-0.39, 0.29) is 18.1 Å². The number of nitrogens with one attached hydrogen (secondary N) is 1. The van der Waals surface area contributed by atoms with Crippen LogP contribution in [0.2, 0.25) is 0 Å². The van der Waals surface area contributed by atoms with Crippen molar-refractivity contribution in [1.82, 2.24) is 10.2 Å². The number of hydrogen-bond donors (Lipinski definition) is 5. The molecule has 0 aromatic heterocycles. The number of carboxylic acid groups (broad SMARTS) is 2. The highest BCUT2D eigenvalue weighted by Crippen LogP contribution is 2.27. The number of benzene rings is 1. The summed E-state index contributed by atoms with van der Waals surface area (Å²) in [5.74, 6) is -3.95. The fourth-order valence-electron chi connectivity index (χ4n) is 4.02. The number of hydrogen-bond acceptors (Lipinski definition) is 10. The number of likely N-dealkylation sites (tertiary alicyclic amines) is 1. The number of para-hydroxylation sites is 1. The summed E-state index contributed by atoms with van der Waals surface area (Å²) in [4.78, 5) is 45.4. The molecule has 1 saturated heterocycles. The molecule has 19 heteroatoms. The normalized spacial score (nSPS) is 17.6. The van der Waals surface area contributed by atoms with Gasteiger partial charge in [0.1, 0.15) is 17.9 Å². The SMILES string of the molecule is CCCc1ccccc1O[C@H]1C[C@H](C(=O)N[C@H](CCSC)C(=O)OC)N(C/C=C/[C@@H](N)CS)C1.O=C(O)C(F)(F)F.O=C(O)C(F)(F)F. The third kappa shape index (κ3) is 17.8. The maximum Gasteiger partial charge on any atom is 0.490 e. The summed E-state index contributed by atoms with van der Waals surface area (Å²) in [6.45, 7) is 3.31. The Hall–Kier alpha value is -3.16. The van der Waals surface area contributed by atoms with Crippen molar-refractivity contribution in [2.45, 2.75) is 69.2 Å². The van der Waals surface area contributed by atoms with Gasteiger partial charge in [0.2, 0.25) is 5.91 Å². The Kier molecular flexibility index (Phi) is 21.0. The maximum absolute atomic E-state index is 13.3. The second-order valence-corrected chi connectivity index (χ2v) is 11.4. The Morgan fingerprint density at radius 2 is 1.69 bits per heavy atom. The number of nitrogens with two attached hydrogens (primary N) is 1. The Balaban J connectivity index is 0.00000131. The van der Waals surface area contributed by atoms with E-state index < -0.39 is 42.3 Å². The molecule has 274 valence electrons. The van der Waals surface area contributed by atoms with Gasteiger partial charge in [-0.25, -0.2) is 14.4 Å².